The van der Waals surface area contributed by atoms with Gasteiger partial charge in [0, 0.05) is 39.3 Å². The number of carbonyl (C=O) groups is 1. The van der Waals surface area contributed by atoms with Crippen molar-refractivity contribution in [1.29, 1.82) is 0 Å². The third kappa shape index (κ3) is 4.46. The minimum absolute atomic E-state index is 0.319. The average Bonchev–Trinajstić information content (AvgIpc) is 2.40. The molecular weight excluding hydrogens is 240 g/mol. The molecule has 0 aromatic rings. The summed E-state index contributed by atoms with van der Waals surface area (Å²) >= 11 is 0. The van der Waals surface area contributed by atoms with E-state index in [0.29, 0.717) is 30.2 Å². The van der Waals surface area contributed by atoms with Crippen LogP contribution in [-0.4, -0.2) is 43.7 Å². The van der Waals surface area contributed by atoms with Gasteiger partial charge in [-0.05, 0) is 43.9 Å². The van der Waals surface area contributed by atoms with Crippen molar-refractivity contribution in [2.75, 3.05) is 26.8 Å². The quantitative estimate of drug-likeness (QED) is 0.845. The van der Waals surface area contributed by atoms with Gasteiger partial charge in [0.1, 0.15) is 0 Å². The third-order valence-electron chi connectivity index (χ3n) is 4.66. The lowest BCUT2D eigenvalue weighted by atomic mass is 9.83. The van der Waals surface area contributed by atoms with E-state index in [1.54, 1.807) is 7.11 Å². The van der Waals surface area contributed by atoms with E-state index in [1.807, 2.05) is 4.90 Å². The van der Waals surface area contributed by atoms with Crippen LogP contribution in [0.5, 0.6) is 0 Å². The number of nitrogens with zero attached hydrogens (tertiary/aromatic N) is 1. The van der Waals surface area contributed by atoms with Crippen LogP contribution in [0.3, 0.4) is 0 Å². The molecule has 19 heavy (non-hydrogen) atoms. The van der Waals surface area contributed by atoms with E-state index in [0.717, 1.165) is 45.4 Å². The second-order valence-corrected chi connectivity index (χ2v) is 6.28. The van der Waals surface area contributed by atoms with Gasteiger partial charge < -0.3 is 15.4 Å². The Balaban J connectivity index is 1.72. The molecule has 0 radical (unpaired) electrons. The van der Waals surface area contributed by atoms with Crippen LogP contribution in [0, 0.1) is 11.8 Å². The number of piperidine rings is 1. The molecule has 0 bridgehead atoms. The van der Waals surface area contributed by atoms with Gasteiger partial charge in [-0.2, -0.15) is 0 Å². The first kappa shape index (κ1) is 14.8. The Morgan fingerprint density at radius 1 is 1.21 bits per heavy atom. The molecule has 0 aromatic heterocycles. The van der Waals surface area contributed by atoms with Gasteiger partial charge in [0.2, 0.25) is 5.91 Å². The number of likely N-dealkylation sites (tertiary alicyclic amines) is 1. The average molecular weight is 268 g/mol. The first-order valence-electron chi connectivity index (χ1n) is 7.71. The van der Waals surface area contributed by atoms with Crippen LogP contribution in [0.25, 0.3) is 0 Å². The van der Waals surface area contributed by atoms with E-state index in [4.69, 9.17) is 10.5 Å². The van der Waals surface area contributed by atoms with Crippen molar-refractivity contribution in [3.63, 3.8) is 0 Å². The van der Waals surface area contributed by atoms with Crippen LogP contribution in [0.1, 0.15) is 44.9 Å². The van der Waals surface area contributed by atoms with Crippen LogP contribution in [-0.2, 0) is 9.53 Å². The Morgan fingerprint density at radius 2 is 1.95 bits per heavy atom. The van der Waals surface area contributed by atoms with Crippen molar-refractivity contribution < 1.29 is 9.53 Å². The summed E-state index contributed by atoms with van der Waals surface area (Å²) in [5.41, 5.74) is 5.99. The largest absolute Gasteiger partial charge is 0.384 e. The molecule has 1 aliphatic heterocycles. The normalized spacial score (nSPS) is 29.5. The predicted octanol–water partition coefficient (Wildman–Crippen LogP) is 1.78. The van der Waals surface area contributed by atoms with E-state index in [2.05, 4.69) is 0 Å². The maximum atomic E-state index is 12.3. The molecule has 2 fully saturated rings. The van der Waals surface area contributed by atoms with E-state index in [-0.39, 0.29) is 0 Å². The zero-order chi connectivity index (χ0) is 13.7. The van der Waals surface area contributed by atoms with E-state index in [1.165, 1.54) is 12.8 Å². The van der Waals surface area contributed by atoms with Gasteiger partial charge >= 0.3 is 0 Å². The molecule has 4 nitrogen and oxygen atoms in total. The lowest BCUT2D eigenvalue weighted by Gasteiger charge is -2.33. The number of carbonyl (C=O) groups excluding carboxylic acids is 1. The standard InChI is InChI=1S/C15H28N2O2/c1-19-11-12-5-7-17(8-6-12)15(18)10-13-3-2-4-14(16)9-13/h12-14H,2-11,16H2,1H3. The summed E-state index contributed by atoms with van der Waals surface area (Å²) in [5, 5.41) is 0. The Morgan fingerprint density at radius 3 is 2.58 bits per heavy atom. The number of ether oxygens (including phenoxy) is 1. The summed E-state index contributed by atoms with van der Waals surface area (Å²) in [4.78, 5) is 14.3. The first-order chi connectivity index (χ1) is 9.19. The van der Waals surface area contributed by atoms with Gasteiger partial charge in [0.15, 0.2) is 0 Å². The van der Waals surface area contributed by atoms with Gasteiger partial charge in [0.05, 0.1) is 0 Å². The summed E-state index contributed by atoms with van der Waals surface area (Å²) in [6.07, 6.45) is 7.42. The Labute approximate surface area is 116 Å². The highest BCUT2D eigenvalue weighted by Gasteiger charge is 2.26. The molecule has 2 aliphatic rings. The Kier molecular flexibility index (Phi) is 5.64. The van der Waals surface area contributed by atoms with Crippen LogP contribution in [0.4, 0.5) is 0 Å². The topological polar surface area (TPSA) is 55.6 Å². The smallest absolute Gasteiger partial charge is 0.222 e. The molecule has 1 aliphatic carbocycles. The molecule has 1 saturated carbocycles. The zero-order valence-corrected chi connectivity index (χ0v) is 12.1. The van der Waals surface area contributed by atoms with E-state index < -0.39 is 0 Å². The monoisotopic (exact) mass is 268 g/mol. The van der Waals surface area contributed by atoms with Gasteiger partial charge in [-0.25, -0.2) is 0 Å². The zero-order valence-electron chi connectivity index (χ0n) is 12.1. The number of methoxy groups -OCH3 is 1. The highest BCUT2D eigenvalue weighted by molar-refractivity contribution is 5.76. The molecule has 110 valence electrons. The van der Waals surface area contributed by atoms with Crippen molar-refractivity contribution >= 4 is 5.91 Å². The molecule has 1 saturated heterocycles. The number of amides is 1. The van der Waals surface area contributed by atoms with Crippen molar-refractivity contribution in [3.8, 4) is 0 Å². The molecule has 0 spiro atoms. The van der Waals surface area contributed by atoms with Crippen LogP contribution < -0.4 is 5.73 Å². The first-order valence-corrected chi connectivity index (χ1v) is 7.71. The van der Waals surface area contributed by atoms with Gasteiger partial charge in [-0.1, -0.05) is 6.42 Å². The minimum Gasteiger partial charge on any atom is -0.384 e. The van der Waals surface area contributed by atoms with E-state index >= 15 is 0 Å². The second-order valence-electron chi connectivity index (χ2n) is 6.28. The maximum absolute atomic E-state index is 12.3. The lowest BCUT2D eigenvalue weighted by molar-refractivity contribution is -0.134. The predicted molar refractivity (Wildman–Crippen MR) is 75.7 cm³/mol. The van der Waals surface area contributed by atoms with Crippen molar-refractivity contribution in [1.82, 2.24) is 4.90 Å². The van der Waals surface area contributed by atoms with E-state index in [9.17, 15) is 4.79 Å². The Hall–Kier alpha value is -0.610. The van der Waals surface area contributed by atoms with Crippen molar-refractivity contribution in [3.05, 3.63) is 0 Å². The molecular formula is C15H28N2O2. The fourth-order valence-electron chi connectivity index (χ4n) is 3.48. The summed E-state index contributed by atoms with van der Waals surface area (Å²) in [6.45, 7) is 2.65. The summed E-state index contributed by atoms with van der Waals surface area (Å²) in [5.74, 6) is 1.50. The number of rotatable bonds is 4. The molecule has 2 N–H and O–H groups in total. The maximum Gasteiger partial charge on any atom is 0.222 e. The highest BCUT2D eigenvalue weighted by atomic mass is 16.5. The minimum atomic E-state index is 0.319. The molecule has 2 atom stereocenters. The van der Waals surface area contributed by atoms with Crippen molar-refractivity contribution in [2.24, 2.45) is 17.6 Å². The third-order valence-corrected chi connectivity index (χ3v) is 4.66. The van der Waals surface area contributed by atoms with Crippen LogP contribution in [0.2, 0.25) is 0 Å². The lowest BCUT2D eigenvalue weighted by Crippen LogP contribution is -2.40. The number of hydrogen-bond donors (Lipinski definition) is 1. The van der Waals surface area contributed by atoms with Gasteiger partial charge in [-0.3, -0.25) is 4.79 Å². The SMILES string of the molecule is COCC1CCN(C(=O)CC2CCCC(N)C2)CC1. The number of nitrogens with two attached hydrogens (primary N) is 1. The molecule has 1 amide bonds. The summed E-state index contributed by atoms with van der Waals surface area (Å²) in [7, 11) is 1.75. The second kappa shape index (κ2) is 7.25. The van der Waals surface area contributed by atoms with Crippen LogP contribution in [0.15, 0.2) is 0 Å². The fourth-order valence-corrected chi connectivity index (χ4v) is 3.48. The number of hydrogen-bond acceptors (Lipinski definition) is 3. The van der Waals surface area contributed by atoms with Gasteiger partial charge in [0.25, 0.3) is 0 Å². The summed E-state index contributed by atoms with van der Waals surface area (Å²) in [6, 6.07) is 0.319. The van der Waals surface area contributed by atoms with Gasteiger partial charge in [-0.15, -0.1) is 0 Å². The van der Waals surface area contributed by atoms with Crippen molar-refractivity contribution in [2.45, 2.75) is 51.0 Å². The molecule has 2 unspecified atom stereocenters. The highest BCUT2D eigenvalue weighted by Crippen LogP contribution is 2.27. The molecule has 0 aromatic carbocycles. The molecule has 2 rings (SSSR count). The molecule has 4 heteroatoms. The summed E-state index contributed by atoms with van der Waals surface area (Å²) < 4.78 is 5.19. The molecule has 1 heterocycles. The Bertz CT molecular complexity index is 288. The fraction of sp³-hybridized carbons (Fsp3) is 0.933. The van der Waals surface area contributed by atoms with Crippen LogP contribution >= 0.6 is 0 Å².